The first-order valence-electron chi connectivity index (χ1n) is 6.01. The Balaban J connectivity index is 2.17. The van der Waals surface area contributed by atoms with Gasteiger partial charge >= 0.3 is 0 Å². The molecule has 0 aromatic heterocycles. The van der Waals surface area contributed by atoms with Gasteiger partial charge < -0.3 is 10.5 Å². The van der Waals surface area contributed by atoms with Crippen LogP contribution in [0.25, 0.3) is 5.70 Å². The molecule has 2 aromatic carbocycles. The van der Waals surface area contributed by atoms with E-state index < -0.39 is 10.0 Å². The normalized spacial score (nSPS) is 11.2. The van der Waals surface area contributed by atoms with Crippen LogP contribution in [0, 0.1) is 0 Å². The summed E-state index contributed by atoms with van der Waals surface area (Å²) in [5.41, 5.74) is 2.71. The highest BCUT2D eigenvalue weighted by molar-refractivity contribution is 7.89. The number of phenolic OH excluding ortho intramolecular Hbond substituents is 1. The van der Waals surface area contributed by atoms with Crippen LogP contribution in [0.3, 0.4) is 0 Å². The molecule has 2 rings (SSSR count). The number of halogens is 2. The summed E-state index contributed by atoms with van der Waals surface area (Å²) in [6, 6.07) is 10.6. The molecule has 22 heavy (non-hydrogen) atoms. The number of rotatable bonds is 5. The van der Waals surface area contributed by atoms with Crippen LogP contribution in [0.4, 0.5) is 0 Å². The lowest BCUT2D eigenvalue weighted by atomic mass is 10.1. The molecule has 0 aliphatic rings. The van der Waals surface area contributed by atoms with Gasteiger partial charge in [0, 0.05) is 10.6 Å². The molecular formula is C14H12Cl2N2O3S. The predicted octanol–water partition coefficient (Wildman–Crippen LogP) is 3.15. The Morgan fingerprint density at radius 1 is 1.14 bits per heavy atom. The van der Waals surface area contributed by atoms with Crippen LogP contribution in [0.5, 0.6) is 5.75 Å². The van der Waals surface area contributed by atoms with Gasteiger partial charge in [0.15, 0.2) is 0 Å². The van der Waals surface area contributed by atoms with Gasteiger partial charge in [-0.15, -0.1) is 4.83 Å². The van der Waals surface area contributed by atoms with Crippen LogP contribution in [0.15, 0.2) is 53.9 Å². The molecular weight excluding hydrogens is 347 g/mol. The Morgan fingerprint density at radius 2 is 1.77 bits per heavy atom. The zero-order chi connectivity index (χ0) is 16.3. The van der Waals surface area contributed by atoms with E-state index in [1.54, 1.807) is 18.2 Å². The lowest BCUT2D eigenvalue weighted by Gasteiger charge is -2.14. The molecule has 0 spiro atoms. The maximum Gasteiger partial charge on any atom is 0.257 e. The second-order valence-corrected chi connectivity index (χ2v) is 6.83. The van der Waals surface area contributed by atoms with Crippen molar-refractivity contribution in [3.63, 3.8) is 0 Å². The SMILES string of the molecule is C=C(NNS(=O)(=O)c1ccccc1)c1cc(Cl)cc(Cl)c1O. The molecule has 0 unspecified atom stereocenters. The summed E-state index contributed by atoms with van der Waals surface area (Å²) < 4.78 is 24.1. The first-order chi connectivity index (χ1) is 10.3. The summed E-state index contributed by atoms with van der Waals surface area (Å²) in [6.07, 6.45) is 0. The van der Waals surface area contributed by atoms with Crippen molar-refractivity contribution in [2.45, 2.75) is 4.90 Å². The number of hydrogen-bond donors (Lipinski definition) is 3. The minimum Gasteiger partial charge on any atom is -0.506 e. The number of nitrogens with one attached hydrogen (secondary N) is 2. The van der Waals surface area contributed by atoms with Crippen molar-refractivity contribution >= 4 is 38.9 Å². The lowest BCUT2D eigenvalue weighted by molar-refractivity contribution is 0.473. The van der Waals surface area contributed by atoms with E-state index in [1.165, 1.54) is 24.3 Å². The number of aromatic hydroxyl groups is 1. The highest BCUT2D eigenvalue weighted by Gasteiger charge is 2.15. The zero-order valence-corrected chi connectivity index (χ0v) is 13.5. The molecule has 0 bridgehead atoms. The van der Waals surface area contributed by atoms with Crippen LogP contribution in [0.2, 0.25) is 10.0 Å². The number of hydrogen-bond acceptors (Lipinski definition) is 4. The molecule has 0 saturated heterocycles. The fourth-order valence-corrected chi connectivity index (χ4v) is 3.03. The largest absolute Gasteiger partial charge is 0.506 e. The molecule has 0 heterocycles. The van der Waals surface area contributed by atoms with Gasteiger partial charge in [0.1, 0.15) is 5.75 Å². The predicted molar refractivity (Wildman–Crippen MR) is 87.1 cm³/mol. The average Bonchev–Trinajstić information content (AvgIpc) is 2.49. The van der Waals surface area contributed by atoms with Crippen molar-refractivity contribution < 1.29 is 13.5 Å². The number of hydrazine groups is 1. The Hall–Kier alpha value is -1.73. The van der Waals surface area contributed by atoms with E-state index in [-0.39, 0.29) is 32.0 Å². The Bertz CT molecular complexity index is 808. The molecule has 3 N–H and O–H groups in total. The minimum atomic E-state index is -3.77. The topological polar surface area (TPSA) is 78.4 Å². The van der Waals surface area contributed by atoms with Crippen molar-refractivity contribution in [3.05, 3.63) is 64.7 Å². The summed E-state index contributed by atoms with van der Waals surface area (Å²) in [6.45, 7) is 3.65. The second kappa shape index (κ2) is 6.58. The van der Waals surface area contributed by atoms with Crippen molar-refractivity contribution in [1.29, 1.82) is 0 Å². The Labute approximate surface area is 138 Å². The van der Waals surface area contributed by atoms with E-state index >= 15 is 0 Å². The van der Waals surface area contributed by atoms with E-state index in [9.17, 15) is 13.5 Å². The summed E-state index contributed by atoms with van der Waals surface area (Å²) >= 11 is 11.7. The number of sulfonamides is 1. The fourth-order valence-electron chi connectivity index (χ4n) is 1.65. The summed E-state index contributed by atoms with van der Waals surface area (Å²) in [5.74, 6) is -0.248. The molecule has 0 aliphatic heterocycles. The third-order valence-electron chi connectivity index (χ3n) is 2.74. The van der Waals surface area contributed by atoms with Crippen LogP contribution < -0.4 is 10.3 Å². The highest BCUT2D eigenvalue weighted by atomic mass is 35.5. The maximum atomic E-state index is 12.1. The van der Waals surface area contributed by atoms with Gasteiger partial charge in [-0.05, 0) is 24.3 Å². The minimum absolute atomic E-state index is 0.0383. The second-order valence-electron chi connectivity index (χ2n) is 4.31. The van der Waals surface area contributed by atoms with E-state index in [0.29, 0.717) is 0 Å². The summed E-state index contributed by atoms with van der Waals surface area (Å²) in [7, 11) is -3.77. The molecule has 0 saturated carbocycles. The molecule has 0 atom stereocenters. The van der Waals surface area contributed by atoms with Gasteiger partial charge in [0.25, 0.3) is 10.0 Å². The molecule has 8 heteroatoms. The number of phenols is 1. The average molecular weight is 359 g/mol. The third-order valence-corrected chi connectivity index (χ3v) is 4.51. The van der Waals surface area contributed by atoms with Crippen molar-refractivity contribution in [2.24, 2.45) is 0 Å². The standard InChI is InChI=1S/C14H12Cl2N2O3S/c1-9(12-7-10(15)8-13(16)14(12)19)17-18-22(20,21)11-5-3-2-4-6-11/h2-8,17-19H,1H2. The summed E-state index contributed by atoms with van der Waals surface area (Å²) in [4.78, 5) is 2.25. The maximum absolute atomic E-state index is 12.1. The Morgan fingerprint density at radius 3 is 2.41 bits per heavy atom. The van der Waals surface area contributed by atoms with Gasteiger partial charge in [-0.3, -0.25) is 0 Å². The number of benzene rings is 2. The van der Waals surface area contributed by atoms with E-state index in [1.807, 2.05) is 0 Å². The van der Waals surface area contributed by atoms with E-state index in [2.05, 4.69) is 16.8 Å². The highest BCUT2D eigenvalue weighted by Crippen LogP contribution is 2.33. The molecule has 0 fully saturated rings. The first-order valence-corrected chi connectivity index (χ1v) is 8.25. The van der Waals surface area contributed by atoms with Gasteiger partial charge in [0.05, 0.1) is 15.6 Å². The molecule has 116 valence electrons. The van der Waals surface area contributed by atoms with Gasteiger partial charge in [-0.1, -0.05) is 48.0 Å². The third kappa shape index (κ3) is 3.72. The quantitative estimate of drug-likeness (QED) is 0.717. The van der Waals surface area contributed by atoms with Crippen LogP contribution >= 0.6 is 23.2 Å². The smallest absolute Gasteiger partial charge is 0.257 e. The van der Waals surface area contributed by atoms with Crippen LogP contribution in [0.1, 0.15) is 5.56 Å². The van der Waals surface area contributed by atoms with E-state index in [4.69, 9.17) is 23.2 Å². The molecule has 0 aliphatic carbocycles. The molecule has 5 nitrogen and oxygen atoms in total. The van der Waals surface area contributed by atoms with Crippen LogP contribution in [-0.2, 0) is 10.0 Å². The zero-order valence-electron chi connectivity index (χ0n) is 11.2. The summed E-state index contributed by atoms with van der Waals surface area (Å²) in [5, 5.41) is 10.2. The first kappa shape index (κ1) is 16.6. The van der Waals surface area contributed by atoms with Crippen molar-refractivity contribution in [1.82, 2.24) is 10.3 Å². The molecule has 2 aromatic rings. The monoisotopic (exact) mass is 358 g/mol. The van der Waals surface area contributed by atoms with Gasteiger partial charge in [-0.2, -0.15) is 0 Å². The van der Waals surface area contributed by atoms with E-state index in [0.717, 1.165) is 0 Å². The fraction of sp³-hybridized carbons (Fsp3) is 0. The van der Waals surface area contributed by atoms with Crippen molar-refractivity contribution in [2.75, 3.05) is 0 Å². The van der Waals surface area contributed by atoms with Crippen LogP contribution in [-0.4, -0.2) is 13.5 Å². The molecule has 0 radical (unpaired) electrons. The lowest BCUT2D eigenvalue weighted by Crippen LogP contribution is -2.35. The van der Waals surface area contributed by atoms with Crippen molar-refractivity contribution in [3.8, 4) is 5.75 Å². The van der Waals surface area contributed by atoms with Gasteiger partial charge in [-0.25, -0.2) is 8.42 Å². The van der Waals surface area contributed by atoms with Gasteiger partial charge in [0.2, 0.25) is 0 Å². The molecule has 0 amide bonds. The Kier molecular flexibility index (Phi) is 4.97.